The van der Waals surface area contributed by atoms with Gasteiger partial charge in [-0.1, -0.05) is 30.0 Å². The summed E-state index contributed by atoms with van der Waals surface area (Å²) in [5.41, 5.74) is 2.03. The molecule has 6 nitrogen and oxygen atoms in total. The number of hydrogen-bond donors (Lipinski definition) is 0. The smallest absolute Gasteiger partial charge is 0.258 e. The Balaban J connectivity index is 1.22. The molecule has 2 aromatic carbocycles. The fraction of sp³-hybridized carbons (Fsp3) is 0.333. The maximum Gasteiger partial charge on any atom is 0.258 e. The number of benzene rings is 2. The van der Waals surface area contributed by atoms with Crippen LogP contribution in [0.5, 0.6) is 5.75 Å². The molecule has 3 aromatic rings. The quantitative estimate of drug-likeness (QED) is 0.306. The molecule has 4 rings (SSSR count). The van der Waals surface area contributed by atoms with Gasteiger partial charge in [-0.05, 0) is 49.1 Å². The van der Waals surface area contributed by atoms with Crippen LogP contribution < -0.4 is 15.2 Å². The van der Waals surface area contributed by atoms with Gasteiger partial charge < -0.3 is 9.64 Å². The van der Waals surface area contributed by atoms with Crippen LogP contribution in [0.2, 0.25) is 0 Å². The number of thioether (sulfide) groups is 1. The normalized spacial score (nSPS) is 14.5. The zero-order valence-corrected chi connectivity index (χ0v) is 18.6. The van der Waals surface area contributed by atoms with E-state index < -0.39 is 0 Å². The Labute approximate surface area is 187 Å². The van der Waals surface area contributed by atoms with Crippen LogP contribution in [0.1, 0.15) is 6.42 Å². The van der Waals surface area contributed by atoms with Crippen LogP contribution in [0, 0.1) is 0 Å². The first-order chi connectivity index (χ1) is 15.2. The molecule has 1 aliphatic rings. The second-order valence-electron chi connectivity index (χ2n) is 7.47. The van der Waals surface area contributed by atoms with E-state index in [0.29, 0.717) is 11.8 Å². The largest absolute Gasteiger partial charge is 0.494 e. The standard InChI is InChI=1S/C24H28N4O2S/c1-31-24-25-13-12-23(29)28(24)21-8-10-22(11-9-21)30-19-5-14-26-15-17-27(18-16-26)20-6-3-2-4-7-20/h2-4,6-13H,5,14-19H2,1H3. The van der Waals surface area contributed by atoms with Crippen molar-refractivity contribution in [2.75, 3.05) is 50.5 Å². The molecule has 2 heterocycles. The van der Waals surface area contributed by atoms with Gasteiger partial charge in [0.2, 0.25) is 0 Å². The molecule has 1 fully saturated rings. The third-order valence-electron chi connectivity index (χ3n) is 5.47. The van der Waals surface area contributed by atoms with Crippen molar-refractivity contribution >= 4 is 17.4 Å². The van der Waals surface area contributed by atoms with Gasteiger partial charge in [0.1, 0.15) is 5.75 Å². The highest BCUT2D eigenvalue weighted by molar-refractivity contribution is 7.98. The topological polar surface area (TPSA) is 50.6 Å². The highest BCUT2D eigenvalue weighted by Gasteiger charge is 2.16. The molecule has 162 valence electrons. The maximum atomic E-state index is 12.2. The second-order valence-corrected chi connectivity index (χ2v) is 8.24. The van der Waals surface area contributed by atoms with Crippen LogP contribution in [0.4, 0.5) is 5.69 Å². The number of rotatable bonds is 8. The van der Waals surface area contributed by atoms with E-state index >= 15 is 0 Å². The summed E-state index contributed by atoms with van der Waals surface area (Å²) in [5, 5.41) is 0.675. The Morgan fingerprint density at radius 1 is 0.935 bits per heavy atom. The average Bonchev–Trinajstić information content (AvgIpc) is 2.83. The van der Waals surface area contributed by atoms with E-state index in [-0.39, 0.29) is 5.56 Å². The van der Waals surface area contributed by atoms with Crippen LogP contribution >= 0.6 is 11.8 Å². The fourth-order valence-corrected chi connectivity index (χ4v) is 4.36. The van der Waals surface area contributed by atoms with Crippen LogP contribution in [0.15, 0.2) is 76.8 Å². The van der Waals surface area contributed by atoms with E-state index in [0.717, 1.165) is 50.6 Å². The highest BCUT2D eigenvalue weighted by atomic mass is 32.2. The fourth-order valence-electron chi connectivity index (χ4n) is 3.81. The van der Waals surface area contributed by atoms with Gasteiger partial charge in [-0.3, -0.25) is 14.3 Å². The minimum Gasteiger partial charge on any atom is -0.494 e. The van der Waals surface area contributed by atoms with Crippen molar-refractivity contribution in [2.45, 2.75) is 11.6 Å². The monoisotopic (exact) mass is 436 g/mol. The Morgan fingerprint density at radius 2 is 1.68 bits per heavy atom. The minimum absolute atomic E-state index is 0.0830. The lowest BCUT2D eigenvalue weighted by Crippen LogP contribution is -2.46. The zero-order chi connectivity index (χ0) is 21.5. The molecular formula is C24H28N4O2S. The predicted molar refractivity (Wildman–Crippen MR) is 127 cm³/mol. The van der Waals surface area contributed by atoms with Crippen molar-refractivity contribution < 1.29 is 4.74 Å². The number of hydrogen-bond acceptors (Lipinski definition) is 6. The number of aromatic nitrogens is 2. The average molecular weight is 437 g/mol. The van der Waals surface area contributed by atoms with E-state index in [9.17, 15) is 4.79 Å². The van der Waals surface area contributed by atoms with Crippen molar-refractivity contribution in [3.05, 3.63) is 77.2 Å². The van der Waals surface area contributed by atoms with Gasteiger partial charge in [-0.2, -0.15) is 0 Å². The molecule has 0 bridgehead atoms. The highest BCUT2D eigenvalue weighted by Crippen LogP contribution is 2.19. The van der Waals surface area contributed by atoms with Gasteiger partial charge >= 0.3 is 0 Å². The summed E-state index contributed by atoms with van der Waals surface area (Å²) in [5.74, 6) is 0.820. The lowest BCUT2D eigenvalue weighted by molar-refractivity contribution is 0.225. The van der Waals surface area contributed by atoms with E-state index in [2.05, 4.69) is 45.1 Å². The summed E-state index contributed by atoms with van der Waals surface area (Å²) in [6.45, 7) is 6.03. The first-order valence-corrected chi connectivity index (χ1v) is 11.8. The van der Waals surface area contributed by atoms with Crippen molar-refractivity contribution in [2.24, 2.45) is 0 Å². The molecule has 31 heavy (non-hydrogen) atoms. The third kappa shape index (κ3) is 5.48. The molecule has 0 atom stereocenters. The molecule has 0 N–H and O–H groups in total. The minimum atomic E-state index is -0.0830. The predicted octanol–water partition coefficient (Wildman–Crippen LogP) is 3.55. The zero-order valence-electron chi connectivity index (χ0n) is 17.8. The Bertz CT molecular complexity index is 1020. The van der Waals surface area contributed by atoms with Gasteiger partial charge in [0, 0.05) is 50.7 Å². The molecule has 0 saturated carbocycles. The van der Waals surface area contributed by atoms with Crippen LogP contribution in [-0.4, -0.2) is 60.0 Å². The Morgan fingerprint density at radius 3 is 2.39 bits per heavy atom. The maximum absolute atomic E-state index is 12.2. The van der Waals surface area contributed by atoms with Gasteiger partial charge in [-0.15, -0.1) is 0 Å². The number of piperazine rings is 1. The number of ether oxygens (including phenoxy) is 1. The number of para-hydroxylation sites is 1. The summed E-state index contributed by atoms with van der Waals surface area (Å²) >= 11 is 1.45. The summed E-state index contributed by atoms with van der Waals surface area (Å²) in [6, 6.07) is 19.7. The molecule has 0 spiro atoms. The van der Waals surface area contributed by atoms with E-state index in [1.807, 2.05) is 30.5 Å². The molecule has 1 aliphatic heterocycles. The van der Waals surface area contributed by atoms with Crippen LogP contribution in [0.3, 0.4) is 0 Å². The summed E-state index contributed by atoms with van der Waals surface area (Å²) < 4.78 is 7.53. The molecule has 0 radical (unpaired) electrons. The molecule has 0 aliphatic carbocycles. The molecule has 1 saturated heterocycles. The van der Waals surface area contributed by atoms with Crippen molar-refractivity contribution in [3.8, 4) is 11.4 Å². The third-order valence-corrected chi connectivity index (χ3v) is 6.13. The lowest BCUT2D eigenvalue weighted by Gasteiger charge is -2.36. The van der Waals surface area contributed by atoms with Gasteiger partial charge in [0.05, 0.1) is 12.3 Å². The van der Waals surface area contributed by atoms with Gasteiger partial charge in [-0.25, -0.2) is 4.98 Å². The molecular weight excluding hydrogens is 408 g/mol. The summed E-state index contributed by atoms with van der Waals surface area (Å²) in [4.78, 5) is 21.4. The van der Waals surface area contributed by atoms with E-state index in [1.54, 1.807) is 10.8 Å². The molecule has 7 heteroatoms. The Hall–Kier alpha value is -2.77. The SMILES string of the molecule is CSc1nccc(=O)n1-c1ccc(OCCCN2CCN(c3ccccc3)CC2)cc1. The van der Waals surface area contributed by atoms with Crippen LogP contribution in [-0.2, 0) is 0 Å². The van der Waals surface area contributed by atoms with E-state index in [1.165, 1.54) is 23.5 Å². The van der Waals surface area contributed by atoms with Crippen LogP contribution in [0.25, 0.3) is 5.69 Å². The van der Waals surface area contributed by atoms with Crippen molar-refractivity contribution in [1.29, 1.82) is 0 Å². The first kappa shape index (κ1) is 21.5. The summed E-state index contributed by atoms with van der Waals surface area (Å²) in [6.07, 6.45) is 4.45. The second kappa shape index (κ2) is 10.5. The van der Waals surface area contributed by atoms with E-state index in [4.69, 9.17) is 4.74 Å². The molecule has 0 amide bonds. The van der Waals surface area contributed by atoms with Crippen molar-refractivity contribution in [1.82, 2.24) is 14.5 Å². The Kier molecular flexibility index (Phi) is 7.27. The van der Waals surface area contributed by atoms with Crippen molar-refractivity contribution in [3.63, 3.8) is 0 Å². The summed E-state index contributed by atoms with van der Waals surface area (Å²) in [7, 11) is 0. The first-order valence-electron chi connectivity index (χ1n) is 10.6. The number of nitrogens with zero attached hydrogens (tertiary/aromatic N) is 4. The molecule has 1 aromatic heterocycles. The number of anilines is 1. The van der Waals surface area contributed by atoms with Gasteiger partial charge in [0.15, 0.2) is 5.16 Å². The lowest BCUT2D eigenvalue weighted by atomic mass is 10.2. The van der Waals surface area contributed by atoms with Gasteiger partial charge in [0.25, 0.3) is 5.56 Å². The molecule has 0 unspecified atom stereocenters.